The summed E-state index contributed by atoms with van der Waals surface area (Å²) in [5.41, 5.74) is 2.55. The van der Waals surface area contributed by atoms with Gasteiger partial charge in [0.1, 0.15) is 6.26 Å². The lowest BCUT2D eigenvalue weighted by atomic mass is 10.2. The standard InChI is InChI=1S/C10H15OS/c1-8-4-9(2)6-10(5-8)12(3)7-11/h4-6,11H,7H2,1-3H3/q+1. The summed E-state index contributed by atoms with van der Waals surface area (Å²) in [4.78, 5) is 1.26. The van der Waals surface area contributed by atoms with Crippen molar-refractivity contribution in [3.63, 3.8) is 0 Å². The highest BCUT2D eigenvalue weighted by atomic mass is 32.2. The molecule has 1 N–H and O–H groups in total. The van der Waals surface area contributed by atoms with Gasteiger partial charge in [0.05, 0.1) is 0 Å². The van der Waals surface area contributed by atoms with E-state index in [1.165, 1.54) is 16.0 Å². The van der Waals surface area contributed by atoms with Gasteiger partial charge >= 0.3 is 0 Å². The Morgan fingerprint density at radius 3 is 2.08 bits per heavy atom. The van der Waals surface area contributed by atoms with E-state index in [4.69, 9.17) is 5.11 Å². The lowest BCUT2D eigenvalue weighted by Crippen LogP contribution is -2.04. The number of hydrogen-bond donors (Lipinski definition) is 1. The van der Waals surface area contributed by atoms with E-state index < -0.39 is 0 Å². The van der Waals surface area contributed by atoms with E-state index in [-0.39, 0.29) is 16.8 Å². The fourth-order valence-corrected chi connectivity index (χ4v) is 2.13. The third kappa shape index (κ3) is 2.26. The van der Waals surface area contributed by atoms with Crippen molar-refractivity contribution < 1.29 is 5.11 Å². The van der Waals surface area contributed by atoms with Gasteiger partial charge in [-0.15, -0.1) is 0 Å². The van der Waals surface area contributed by atoms with Crippen LogP contribution < -0.4 is 0 Å². The summed E-state index contributed by atoms with van der Waals surface area (Å²) in [6.07, 6.45) is 2.06. The zero-order valence-corrected chi connectivity index (χ0v) is 8.61. The molecule has 0 heterocycles. The first-order valence-corrected chi connectivity index (χ1v) is 5.75. The van der Waals surface area contributed by atoms with Gasteiger partial charge in [0.25, 0.3) is 0 Å². The molecule has 0 amide bonds. The highest BCUT2D eigenvalue weighted by Crippen LogP contribution is 2.15. The van der Waals surface area contributed by atoms with Gasteiger partial charge in [0.15, 0.2) is 4.90 Å². The molecule has 0 aliphatic heterocycles. The minimum atomic E-state index is -0.00537. The lowest BCUT2D eigenvalue weighted by Gasteiger charge is -2.01. The average Bonchev–Trinajstić information content (AvgIpc) is 2.01. The van der Waals surface area contributed by atoms with E-state index in [2.05, 4.69) is 38.3 Å². The molecule has 0 aliphatic carbocycles. The first kappa shape index (κ1) is 9.62. The molecule has 1 aromatic carbocycles. The van der Waals surface area contributed by atoms with Crippen LogP contribution in [0, 0.1) is 13.8 Å². The largest absolute Gasteiger partial charge is 0.352 e. The molecule has 0 saturated heterocycles. The number of benzene rings is 1. The van der Waals surface area contributed by atoms with Gasteiger partial charge in [0, 0.05) is 10.9 Å². The van der Waals surface area contributed by atoms with Gasteiger partial charge in [-0.3, -0.25) is 0 Å². The molecule has 1 unspecified atom stereocenters. The number of hydrogen-bond acceptors (Lipinski definition) is 1. The molecule has 1 rings (SSSR count). The minimum absolute atomic E-state index is 0.00537. The summed E-state index contributed by atoms with van der Waals surface area (Å²) >= 11 is 0. The van der Waals surface area contributed by atoms with Crippen LogP contribution in [0.2, 0.25) is 0 Å². The van der Waals surface area contributed by atoms with E-state index in [1.54, 1.807) is 0 Å². The molecule has 1 atom stereocenters. The maximum atomic E-state index is 8.98. The molecule has 0 fully saturated rings. The second-order valence-electron chi connectivity index (χ2n) is 3.09. The highest BCUT2D eigenvalue weighted by Gasteiger charge is 2.13. The Morgan fingerprint density at radius 2 is 1.67 bits per heavy atom. The first-order valence-electron chi connectivity index (χ1n) is 3.95. The number of rotatable bonds is 2. The van der Waals surface area contributed by atoms with Gasteiger partial charge in [-0.1, -0.05) is 6.07 Å². The van der Waals surface area contributed by atoms with Crippen molar-refractivity contribution in [3.8, 4) is 0 Å². The van der Waals surface area contributed by atoms with Gasteiger partial charge in [-0.25, -0.2) is 0 Å². The Morgan fingerprint density at radius 1 is 1.17 bits per heavy atom. The smallest absolute Gasteiger partial charge is 0.210 e. The Labute approximate surface area is 76.8 Å². The Bertz CT molecular complexity index is 250. The van der Waals surface area contributed by atoms with Gasteiger partial charge < -0.3 is 5.11 Å². The van der Waals surface area contributed by atoms with E-state index >= 15 is 0 Å². The van der Waals surface area contributed by atoms with Crippen molar-refractivity contribution in [2.24, 2.45) is 0 Å². The van der Waals surface area contributed by atoms with E-state index in [0.29, 0.717) is 0 Å². The summed E-state index contributed by atoms with van der Waals surface area (Å²) < 4.78 is 0. The van der Waals surface area contributed by atoms with Crippen molar-refractivity contribution in [1.29, 1.82) is 0 Å². The third-order valence-electron chi connectivity index (χ3n) is 1.79. The molecule has 0 aromatic heterocycles. The predicted molar refractivity (Wildman–Crippen MR) is 54.6 cm³/mol. The number of aryl methyl sites for hydroxylation is 2. The highest BCUT2D eigenvalue weighted by molar-refractivity contribution is 7.96. The summed E-state index contributed by atoms with van der Waals surface area (Å²) in [6.45, 7) is 4.18. The topological polar surface area (TPSA) is 20.2 Å². The van der Waals surface area contributed by atoms with E-state index in [0.717, 1.165) is 0 Å². The lowest BCUT2D eigenvalue weighted by molar-refractivity contribution is 0.372. The summed E-state index contributed by atoms with van der Waals surface area (Å²) in [5.74, 6) is 0.253. The molecular formula is C10H15OS+. The van der Waals surface area contributed by atoms with Crippen LogP contribution in [0.5, 0.6) is 0 Å². The van der Waals surface area contributed by atoms with Crippen LogP contribution in [0.3, 0.4) is 0 Å². The fourth-order valence-electron chi connectivity index (χ4n) is 1.21. The molecule has 0 spiro atoms. The molecule has 0 saturated carbocycles. The molecular weight excluding hydrogens is 168 g/mol. The van der Waals surface area contributed by atoms with Crippen molar-refractivity contribution >= 4 is 10.9 Å². The van der Waals surface area contributed by atoms with E-state index in [1.807, 2.05) is 0 Å². The molecule has 1 aromatic rings. The third-order valence-corrected chi connectivity index (χ3v) is 3.22. The van der Waals surface area contributed by atoms with Crippen LogP contribution in [0.15, 0.2) is 23.1 Å². The first-order chi connectivity index (χ1) is 5.63. The second kappa shape index (κ2) is 3.97. The summed E-state index contributed by atoms with van der Waals surface area (Å²) in [5, 5.41) is 8.98. The van der Waals surface area contributed by atoms with Crippen LogP contribution in [-0.4, -0.2) is 17.3 Å². The van der Waals surface area contributed by atoms with Crippen molar-refractivity contribution in [2.75, 3.05) is 12.2 Å². The number of aliphatic hydroxyl groups excluding tert-OH is 1. The SMILES string of the molecule is Cc1cc(C)cc([S+](C)CO)c1. The molecule has 0 bridgehead atoms. The molecule has 2 heteroatoms. The van der Waals surface area contributed by atoms with Crippen LogP contribution >= 0.6 is 0 Å². The van der Waals surface area contributed by atoms with Crippen LogP contribution in [0.1, 0.15) is 11.1 Å². The molecule has 1 nitrogen and oxygen atoms in total. The maximum Gasteiger partial charge on any atom is 0.210 e. The van der Waals surface area contributed by atoms with Crippen molar-refractivity contribution in [2.45, 2.75) is 18.7 Å². The van der Waals surface area contributed by atoms with Crippen LogP contribution in [-0.2, 0) is 10.9 Å². The predicted octanol–water partition coefficient (Wildman–Crippen LogP) is 1.86. The Hall–Kier alpha value is -0.470. The zero-order chi connectivity index (χ0) is 9.14. The maximum absolute atomic E-state index is 8.98. The monoisotopic (exact) mass is 183 g/mol. The molecule has 0 radical (unpaired) electrons. The number of aliphatic hydroxyl groups is 1. The normalized spacial score (nSPS) is 13.0. The second-order valence-corrected chi connectivity index (χ2v) is 5.09. The summed E-state index contributed by atoms with van der Waals surface area (Å²) in [6, 6.07) is 6.44. The Kier molecular flexibility index (Phi) is 3.18. The summed E-state index contributed by atoms with van der Waals surface area (Å²) in [7, 11) is -0.00537. The average molecular weight is 183 g/mol. The van der Waals surface area contributed by atoms with Crippen molar-refractivity contribution in [3.05, 3.63) is 29.3 Å². The molecule has 0 aliphatic rings. The van der Waals surface area contributed by atoms with Gasteiger partial charge in [0.2, 0.25) is 5.94 Å². The zero-order valence-electron chi connectivity index (χ0n) is 7.79. The van der Waals surface area contributed by atoms with Gasteiger partial charge in [-0.05, 0) is 37.1 Å². The fraction of sp³-hybridized carbons (Fsp3) is 0.400. The van der Waals surface area contributed by atoms with Crippen LogP contribution in [0.4, 0.5) is 0 Å². The van der Waals surface area contributed by atoms with Crippen LogP contribution in [0.25, 0.3) is 0 Å². The molecule has 66 valence electrons. The van der Waals surface area contributed by atoms with E-state index in [9.17, 15) is 0 Å². The minimum Gasteiger partial charge on any atom is -0.352 e. The quantitative estimate of drug-likeness (QED) is 0.694. The van der Waals surface area contributed by atoms with Crippen molar-refractivity contribution in [1.82, 2.24) is 0 Å². The molecule has 12 heavy (non-hydrogen) atoms. The Balaban J connectivity index is 3.00. The van der Waals surface area contributed by atoms with Gasteiger partial charge in [-0.2, -0.15) is 0 Å².